The first-order chi connectivity index (χ1) is 7.58. The summed E-state index contributed by atoms with van der Waals surface area (Å²) in [7, 11) is 0. The second kappa shape index (κ2) is 4.05. The van der Waals surface area contributed by atoms with Gasteiger partial charge in [0.05, 0.1) is 24.0 Å². The highest BCUT2D eigenvalue weighted by Gasteiger charge is 2.50. The van der Waals surface area contributed by atoms with E-state index in [1.807, 2.05) is 0 Å². The maximum atomic E-state index is 11.8. The predicted molar refractivity (Wildman–Crippen MR) is 55.7 cm³/mol. The van der Waals surface area contributed by atoms with Crippen molar-refractivity contribution in [2.75, 3.05) is 6.61 Å². The molecule has 0 saturated heterocycles. The average molecular weight is 227 g/mol. The Balaban J connectivity index is 1.90. The zero-order chi connectivity index (χ0) is 11.8. The van der Waals surface area contributed by atoms with Crippen molar-refractivity contribution in [2.24, 2.45) is 11.8 Å². The smallest absolute Gasteiger partial charge is 0.307 e. The van der Waals surface area contributed by atoms with Crippen LogP contribution >= 0.6 is 0 Å². The van der Waals surface area contributed by atoms with Crippen molar-refractivity contribution < 1.29 is 19.8 Å². The van der Waals surface area contributed by atoms with E-state index >= 15 is 0 Å². The Hall–Kier alpha value is -1.10. The van der Waals surface area contributed by atoms with E-state index in [9.17, 15) is 14.7 Å². The molecule has 90 valence electrons. The van der Waals surface area contributed by atoms with Gasteiger partial charge in [-0.25, -0.2) is 0 Å². The lowest BCUT2D eigenvalue weighted by molar-refractivity contribution is -0.140. The molecule has 0 aromatic heterocycles. The largest absolute Gasteiger partial charge is 0.481 e. The van der Waals surface area contributed by atoms with E-state index in [1.165, 1.54) is 0 Å². The molecule has 2 aliphatic carbocycles. The van der Waals surface area contributed by atoms with E-state index in [2.05, 4.69) is 5.32 Å². The number of nitrogens with one attached hydrogen (secondary N) is 1. The first-order valence-corrected chi connectivity index (χ1v) is 5.74. The highest BCUT2D eigenvalue weighted by atomic mass is 16.4. The number of carbonyl (C=O) groups excluding carboxylic acids is 1. The van der Waals surface area contributed by atoms with Crippen LogP contribution in [0.3, 0.4) is 0 Å². The van der Waals surface area contributed by atoms with E-state index in [4.69, 9.17) is 5.11 Å². The van der Waals surface area contributed by atoms with Gasteiger partial charge in [0.25, 0.3) is 0 Å². The Kier molecular flexibility index (Phi) is 2.88. The van der Waals surface area contributed by atoms with E-state index < -0.39 is 17.4 Å². The number of aliphatic hydroxyl groups is 1. The summed E-state index contributed by atoms with van der Waals surface area (Å²) in [6, 6.07) is 0. The molecule has 3 N–H and O–H groups in total. The zero-order valence-electron chi connectivity index (χ0n) is 9.11. The third kappa shape index (κ3) is 2.04. The second-order valence-electron chi connectivity index (χ2n) is 4.92. The summed E-state index contributed by atoms with van der Waals surface area (Å²) in [6.07, 6.45) is 4.03. The van der Waals surface area contributed by atoms with Crippen molar-refractivity contribution in [3.05, 3.63) is 0 Å². The molecule has 0 radical (unpaired) electrons. The summed E-state index contributed by atoms with van der Waals surface area (Å²) >= 11 is 0. The highest BCUT2D eigenvalue weighted by molar-refractivity contribution is 5.89. The van der Waals surface area contributed by atoms with Crippen LogP contribution in [-0.2, 0) is 9.59 Å². The number of hydrogen-bond donors (Lipinski definition) is 3. The van der Waals surface area contributed by atoms with Crippen molar-refractivity contribution in [3.63, 3.8) is 0 Å². The van der Waals surface area contributed by atoms with Gasteiger partial charge in [0, 0.05) is 0 Å². The Morgan fingerprint density at radius 1 is 1.25 bits per heavy atom. The third-order valence-electron chi connectivity index (χ3n) is 3.70. The molecular weight excluding hydrogens is 210 g/mol. The summed E-state index contributed by atoms with van der Waals surface area (Å²) in [5, 5.41) is 20.9. The summed E-state index contributed by atoms with van der Waals surface area (Å²) in [5.74, 6) is -2.01. The van der Waals surface area contributed by atoms with Crippen LogP contribution < -0.4 is 5.32 Å². The number of carboxylic acid groups (broad SMARTS) is 1. The molecule has 5 heteroatoms. The van der Waals surface area contributed by atoms with Crippen LogP contribution in [0, 0.1) is 11.8 Å². The molecule has 0 aliphatic heterocycles. The van der Waals surface area contributed by atoms with Gasteiger partial charge in [-0.2, -0.15) is 0 Å². The minimum Gasteiger partial charge on any atom is -0.481 e. The first-order valence-electron chi connectivity index (χ1n) is 5.74. The standard InChI is InChI=1S/C11H17NO4/c13-6-11(3-1-2-4-11)12-9(14)7-5-8(7)10(15)16/h7-8,13H,1-6H2,(H,12,14)(H,15,16)/t7-,8+/m1/s1. The van der Waals surface area contributed by atoms with E-state index in [0.717, 1.165) is 25.7 Å². The van der Waals surface area contributed by atoms with Gasteiger partial charge in [-0.15, -0.1) is 0 Å². The van der Waals surface area contributed by atoms with Gasteiger partial charge >= 0.3 is 5.97 Å². The fourth-order valence-electron chi connectivity index (χ4n) is 2.49. The van der Waals surface area contributed by atoms with Gasteiger partial charge in [-0.05, 0) is 19.3 Å². The summed E-state index contributed by atoms with van der Waals surface area (Å²) < 4.78 is 0. The van der Waals surface area contributed by atoms with Crippen LogP contribution in [0.15, 0.2) is 0 Å². The van der Waals surface area contributed by atoms with Crippen molar-refractivity contribution in [1.29, 1.82) is 0 Å². The van der Waals surface area contributed by atoms with Crippen LogP contribution in [0.4, 0.5) is 0 Å². The lowest BCUT2D eigenvalue weighted by atomic mass is 9.98. The van der Waals surface area contributed by atoms with Crippen LogP contribution in [0.1, 0.15) is 32.1 Å². The van der Waals surface area contributed by atoms with Crippen molar-refractivity contribution >= 4 is 11.9 Å². The Labute approximate surface area is 93.8 Å². The van der Waals surface area contributed by atoms with Crippen molar-refractivity contribution in [2.45, 2.75) is 37.6 Å². The Morgan fingerprint density at radius 2 is 1.88 bits per heavy atom. The molecule has 0 spiro atoms. The highest BCUT2D eigenvalue weighted by Crippen LogP contribution is 2.40. The van der Waals surface area contributed by atoms with E-state index in [1.54, 1.807) is 0 Å². The third-order valence-corrected chi connectivity index (χ3v) is 3.70. The van der Waals surface area contributed by atoms with Gasteiger partial charge < -0.3 is 15.5 Å². The van der Waals surface area contributed by atoms with Crippen LogP contribution in [0.5, 0.6) is 0 Å². The molecule has 0 aromatic rings. The molecule has 0 heterocycles. The summed E-state index contributed by atoms with van der Waals surface area (Å²) in [5.41, 5.74) is -0.483. The van der Waals surface area contributed by atoms with E-state index in [0.29, 0.717) is 6.42 Å². The number of amides is 1. The quantitative estimate of drug-likeness (QED) is 0.637. The molecule has 2 aliphatic rings. The van der Waals surface area contributed by atoms with Crippen LogP contribution in [0.2, 0.25) is 0 Å². The molecular formula is C11H17NO4. The molecule has 2 fully saturated rings. The summed E-state index contributed by atoms with van der Waals surface area (Å²) in [6.45, 7) is -0.0524. The fraction of sp³-hybridized carbons (Fsp3) is 0.818. The van der Waals surface area contributed by atoms with Gasteiger partial charge in [-0.1, -0.05) is 12.8 Å². The fourth-order valence-corrected chi connectivity index (χ4v) is 2.49. The molecule has 16 heavy (non-hydrogen) atoms. The van der Waals surface area contributed by atoms with Gasteiger partial charge in [0.15, 0.2) is 0 Å². The molecule has 2 saturated carbocycles. The topological polar surface area (TPSA) is 86.6 Å². The maximum absolute atomic E-state index is 11.8. The van der Waals surface area contributed by atoms with Crippen molar-refractivity contribution in [1.82, 2.24) is 5.32 Å². The number of hydrogen-bond acceptors (Lipinski definition) is 3. The average Bonchev–Trinajstić information content (AvgIpc) is 2.94. The lowest BCUT2D eigenvalue weighted by Crippen LogP contribution is -2.50. The zero-order valence-corrected chi connectivity index (χ0v) is 9.11. The number of rotatable bonds is 4. The summed E-state index contributed by atoms with van der Waals surface area (Å²) in [4.78, 5) is 22.4. The minimum absolute atomic E-state index is 0.0524. The monoisotopic (exact) mass is 227 g/mol. The van der Waals surface area contributed by atoms with Gasteiger partial charge in [0.1, 0.15) is 0 Å². The SMILES string of the molecule is O=C(O)[C@H]1C[C@H]1C(=O)NC1(CO)CCCC1. The van der Waals surface area contributed by atoms with Crippen LogP contribution in [0.25, 0.3) is 0 Å². The van der Waals surface area contributed by atoms with Crippen molar-refractivity contribution in [3.8, 4) is 0 Å². The molecule has 5 nitrogen and oxygen atoms in total. The predicted octanol–water partition coefficient (Wildman–Crippen LogP) is 0.128. The molecule has 1 amide bonds. The number of aliphatic hydroxyl groups excluding tert-OH is 1. The van der Waals surface area contributed by atoms with Crippen LogP contribution in [-0.4, -0.2) is 34.2 Å². The molecule has 2 rings (SSSR count). The molecule has 0 aromatic carbocycles. The van der Waals surface area contributed by atoms with E-state index in [-0.39, 0.29) is 18.4 Å². The van der Waals surface area contributed by atoms with Gasteiger partial charge in [-0.3, -0.25) is 9.59 Å². The minimum atomic E-state index is -0.898. The molecule has 0 unspecified atom stereocenters. The molecule has 2 atom stereocenters. The molecule has 0 bridgehead atoms. The number of aliphatic carboxylic acids is 1. The van der Waals surface area contributed by atoms with Gasteiger partial charge in [0.2, 0.25) is 5.91 Å². The maximum Gasteiger partial charge on any atom is 0.307 e. The second-order valence-corrected chi connectivity index (χ2v) is 4.92. The first kappa shape index (κ1) is 11.4. The lowest BCUT2D eigenvalue weighted by Gasteiger charge is -2.28. The number of carbonyl (C=O) groups is 2. The normalized spacial score (nSPS) is 31.1. The Morgan fingerprint density at radius 3 is 2.31 bits per heavy atom. The number of carboxylic acids is 1. The Bertz CT molecular complexity index is 309.